The fourth-order valence-electron chi connectivity index (χ4n) is 4.19. The monoisotopic (exact) mass is 419 g/mol. The number of nitrogens with zero attached hydrogens (tertiary/aromatic N) is 2. The molecule has 2 N–H and O–H groups in total. The minimum Gasteiger partial charge on any atom is -0.479 e. The molecule has 0 aliphatic heterocycles. The number of amides is 1. The fraction of sp³-hybridized carbons (Fsp3) is 0.292. The highest BCUT2D eigenvalue weighted by Gasteiger charge is 2.37. The van der Waals surface area contributed by atoms with Gasteiger partial charge in [-0.05, 0) is 43.0 Å². The zero-order valence-corrected chi connectivity index (χ0v) is 17.8. The summed E-state index contributed by atoms with van der Waals surface area (Å²) in [4.78, 5) is 28.9. The number of fused-ring (bicyclic) bond motifs is 3. The number of imidazole rings is 1. The standard InChI is InChI=1S/C24H25N3O4/c1-15-12-27(16(2)25-15)14-24(3,22(28)29)26-23(30)31-13-21-19-10-6-4-8-17(19)18-9-5-7-11-20(18)21/h4-12,21H,13-14H2,1-3H3,(H,26,30)(H,28,29). The molecule has 0 radical (unpaired) electrons. The van der Waals surface area contributed by atoms with E-state index in [1.54, 1.807) is 17.7 Å². The molecule has 1 heterocycles. The van der Waals surface area contributed by atoms with Gasteiger partial charge in [0, 0.05) is 12.1 Å². The molecule has 0 spiro atoms. The Hall–Kier alpha value is -3.61. The van der Waals surface area contributed by atoms with Crippen molar-refractivity contribution in [3.8, 4) is 11.1 Å². The number of carboxylic acids is 1. The van der Waals surface area contributed by atoms with E-state index in [0.29, 0.717) is 5.82 Å². The van der Waals surface area contributed by atoms with Gasteiger partial charge in [-0.25, -0.2) is 14.6 Å². The molecule has 0 bridgehead atoms. The van der Waals surface area contributed by atoms with Gasteiger partial charge in [-0.2, -0.15) is 0 Å². The van der Waals surface area contributed by atoms with E-state index in [0.717, 1.165) is 27.9 Å². The third kappa shape index (κ3) is 3.91. The van der Waals surface area contributed by atoms with E-state index in [-0.39, 0.29) is 19.1 Å². The molecule has 1 aliphatic rings. The summed E-state index contributed by atoms with van der Waals surface area (Å²) < 4.78 is 7.24. The van der Waals surface area contributed by atoms with Crippen LogP contribution in [0.1, 0.15) is 35.5 Å². The smallest absolute Gasteiger partial charge is 0.408 e. The normalized spacial score (nSPS) is 14.4. The van der Waals surface area contributed by atoms with Gasteiger partial charge in [0.05, 0.1) is 12.2 Å². The summed E-state index contributed by atoms with van der Waals surface area (Å²) in [5.41, 5.74) is 3.71. The molecule has 160 valence electrons. The number of carboxylic acid groups (broad SMARTS) is 1. The Bertz CT molecular complexity index is 1110. The first kappa shape index (κ1) is 20.7. The number of nitrogens with one attached hydrogen (secondary N) is 1. The molecule has 1 amide bonds. The van der Waals surface area contributed by atoms with E-state index in [4.69, 9.17) is 4.74 Å². The third-order valence-corrected chi connectivity index (χ3v) is 5.78. The van der Waals surface area contributed by atoms with Crippen LogP contribution in [0, 0.1) is 13.8 Å². The number of carbonyl (C=O) groups is 2. The van der Waals surface area contributed by atoms with Gasteiger partial charge in [0.15, 0.2) is 5.54 Å². The van der Waals surface area contributed by atoms with Gasteiger partial charge in [0.2, 0.25) is 0 Å². The quantitative estimate of drug-likeness (QED) is 0.632. The van der Waals surface area contributed by atoms with Crippen LogP contribution >= 0.6 is 0 Å². The van der Waals surface area contributed by atoms with Gasteiger partial charge < -0.3 is 19.7 Å². The van der Waals surface area contributed by atoms with Gasteiger partial charge in [0.1, 0.15) is 12.4 Å². The average molecular weight is 419 g/mol. The Kier molecular flexibility index (Phi) is 5.27. The molecule has 7 nitrogen and oxygen atoms in total. The number of carbonyl (C=O) groups excluding carboxylic acids is 1. The maximum Gasteiger partial charge on any atom is 0.408 e. The van der Waals surface area contributed by atoms with Crippen LogP contribution in [-0.4, -0.2) is 38.9 Å². The lowest BCUT2D eigenvalue weighted by Crippen LogP contribution is -2.55. The summed E-state index contributed by atoms with van der Waals surface area (Å²) >= 11 is 0. The van der Waals surface area contributed by atoms with E-state index in [9.17, 15) is 14.7 Å². The predicted octanol–water partition coefficient (Wildman–Crippen LogP) is 3.88. The zero-order valence-electron chi connectivity index (χ0n) is 17.8. The van der Waals surface area contributed by atoms with Gasteiger partial charge in [-0.3, -0.25) is 0 Å². The number of rotatable bonds is 6. The number of alkyl carbamates (subject to hydrolysis) is 1. The highest BCUT2D eigenvalue weighted by atomic mass is 16.5. The number of hydrogen-bond donors (Lipinski definition) is 2. The van der Waals surface area contributed by atoms with Crippen LogP contribution in [0.2, 0.25) is 0 Å². The number of benzene rings is 2. The molecule has 7 heteroatoms. The van der Waals surface area contributed by atoms with E-state index in [2.05, 4.69) is 22.4 Å². The van der Waals surface area contributed by atoms with E-state index < -0.39 is 17.6 Å². The Morgan fingerprint density at radius 3 is 2.19 bits per heavy atom. The van der Waals surface area contributed by atoms with Crippen LogP contribution in [0.4, 0.5) is 4.79 Å². The van der Waals surface area contributed by atoms with Gasteiger partial charge in [0.25, 0.3) is 0 Å². The second kappa shape index (κ2) is 7.91. The van der Waals surface area contributed by atoms with Gasteiger partial charge in [-0.1, -0.05) is 48.5 Å². The molecule has 0 saturated carbocycles. The van der Waals surface area contributed by atoms with Crippen molar-refractivity contribution < 1.29 is 19.4 Å². The molecule has 4 rings (SSSR count). The molecule has 1 aliphatic carbocycles. The van der Waals surface area contributed by atoms with Crippen molar-refractivity contribution in [2.75, 3.05) is 6.61 Å². The average Bonchev–Trinajstić information content (AvgIpc) is 3.22. The van der Waals surface area contributed by atoms with E-state index >= 15 is 0 Å². The van der Waals surface area contributed by atoms with Crippen molar-refractivity contribution in [2.24, 2.45) is 0 Å². The minimum absolute atomic E-state index is 0.0409. The van der Waals surface area contributed by atoms with Crippen LogP contribution in [0.25, 0.3) is 11.1 Å². The van der Waals surface area contributed by atoms with Crippen molar-refractivity contribution in [1.29, 1.82) is 0 Å². The molecule has 0 saturated heterocycles. The largest absolute Gasteiger partial charge is 0.479 e. The summed E-state index contributed by atoms with van der Waals surface area (Å²) in [6.07, 6.45) is 0.997. The summed E-state index contributed by atoms with van der Waals surface area (Å²) in [5, 5.41) is 12.3. The van der Waals surface area contributed by atoms with Crippen molar-refractivity contribution in [2.45, 2.75) is 38.8 Å². The first-order valence-electron chi connectivity index (χ1n) is 10.2. The van der Waals surface area contributed by atoms with Crippen LogP contribution in [0.15, 0.2) is 54.7 Å². The summed E-state index contributed by atoms with van der Waals surface area (Å²) in [6, 6.07) is 16.1. The number of hydrogen-bond acceptors (Lipinski definition) is 4. The zero-order chi connectivity index (χ0) is 22.2. The molecule has 3 aromatic rings. The Balaban J connectivity index is 1.48. The van der Waals surface area contributed by atoms with E-state index in [1.165, 1.54) is 6.92 Å². The van der Waals surface area contributed by atoms with Crippen molar-refractivity contribution in [1.82, 2.24) is 14.9 Å². The predicted molar refractivity (Wildman–Crippen MR) is 116 cm³/mol. The third-order valence-electron chi connectivity index (χ3n) is 5.78. The Morgan fingerprint density at radius 1 is 1.10 bits per heavy atom. The maximum atomic E-state index is 12.6. The molecule has 31 heavy (non-hydrogen) atoms. The van der Waals surface area contributed by atoms with Crippen molar-refractivity contribution in [3.63, 3.8) is 0 Å². The lowest BCUT2D eigenvalue weighted by atomic mass is 9.98. The highest BCUT2D eigenvalue weighted by Crippen LogP contribution is 2.44. The number of aliphatic carboxylic acids is 1. The molecule has 1 unspecified atom stereocenters. The second-order valence-electron chi connectivity index (χ2n) is 8.15. The highest BCUT2D eigenvalue weighted by molar-refractivity contribution is 5.84. The molecular weight excluding hydrogens is 394 g/mol. The first-order valence-corrected chi connectivity index (χ1v) is 10.2. The summed E-state index contributed by atoms with van der Waals surface area (Å²) in [6.45, 7) is 5.26. The maximum absolute atomic E-state index is 12.6. The molecule has 0 fully saturated rings. The topological polar surface area (TPSA) is 93.5 Å². The molecule has 1 aromatic heterocycles. The van der Waals surface area contributed by atoms with Crippen molar-refractivity contribution >= 4 is 12.1 Å². The lowest BCUT2D eigenvalue weighted by Gasteiger charge is -2.27. The van der Waals surface area contributed by atoms with Gasteiger partial charge >= 0.3 is 12.1 Å². The molecular formula is C24H25N3O4. The number of aromatic nitrogens is 2. The second-order valence-corrected chi connectivity index (χ2v) is 8.15. The molecule has 1 atom stereocenters. The lowest BCUT2D eigenvalue weighted by molar-refractivity contribution is -0.144. The molecule has 2 aromatic carbocycles. The number of aryl methyl sites for hydroxylation is 2. The van der Waals surface area contributed by atoms with Gasteiger partial charge in [-0.15, -0.1) is 0 Å². The Labute approximate surface area is 180 Å². The summed E-state index contributed by atoms with van der Waals surface area (Å²) in [7, 11) is 0. The van der Waals surface area contributed by atoms with Crippen molar-refractivity contribution in [3.05, 3.63) is 77.4 Å². The summed E-state index contributed by atoms with van der Waals surface area (Å²) in [5.74, 6) is -0.557. The van der Waals surface area contributed by atoms with Crippen LogP contribution in [-0.2, 0) is 16.1 Å². The minimum atomic E-state index is -1.54. The van der Waals surface area contributed by atoms with Crippen LogP contribution < -0.4 is 5.32 Å². The fourth-order valence-corrected chi connectivity index (χ4v) is 4.19. The van der Waals surface area contributed by atoms with Crippen LogP contribution in [0.3, 0.4) is 0 Å². The first-order chi connectivity index (χ1) is 14.8. The Morgan fingerprint density at radius 2 is 1.68 bits per heavy atom. The van der Waals surface area contributed by atoms with Crippen LogP contribution in [0.5, 0.6) is 0 Å². The SMILES string of the molecule is Cc1cn(CC(C)(NC(=O)OCC2c3ccccc3-c3ccccc32)C(=O)O)c(C)n1. The number of ether oxygens (including phenoxy) is 1. The van der Waals surface area contributed by atoms with E-state index in [1.807, 2.05) is 43.3 Å².